The number of nitrogens with zero attached hydrogens (tertiary/aromatic N) is 6. The number of aryl methyl sites for hydroxylation is 1. The number of hydrogen-bond acceptors (Lipinski definition) is 8. The van der Waals surface area contributed by atoms with E-state index >= 15 is 0 Å². The number of halogens is 2. The van der Waals surface area contributed by atoms with Gasteiger partial charge in [-0.3, -0.25) is 19.1 Å². The van der Waals surface area contributed by atoms with Crippen molar-refractivity contribution >= 4 is 50.2 Å². The average Bonchev–Trinajstić information content (AvgIpc) is 3.35. The number of aromatic nitrogens is 5. The van der Waals surface area contributed by atoms with Crippen molar-refractivity contribution in [3.05, 3.63) is 64.4 Å². The summed E-state index contributed by atoms with van der Waals surface area (Å²) >= 11 is 3.33. The number of rotatable bonds is 10. The maximum Gasteiger partial charge on any atom is 0.248 e. The van der Waals surface area contributed by atoms with E-state index in [1.54, 1.807) is 29.4 Å². The number of fused-ring (bicyclic) bond motifs is 2. The molecule has 0 bridgehead atoms. The Balaban J connectivity index is 1.25. The second kappa shape index (κ2) is 11.8. The Morgan fingerprint density at radius 1 is 1.14 bits per heavy atom. The lowest BCUT2D eigenvalue weighted by Crippen LogP contribution is -2.47. The van der Waals surface area contributed by atoms with Crippen LogP contribution in [0.25, 0.3) is 22.0 Å². The number of nitrogens with one attached hydrogen (secondary N) is 1. The molecule has 13 heteroatoms. The van der Waals surface area contributed by atoms with Crippen LogP contribution >= 0.6 is 15.9 Å². The molecule has 1 N–H and O–H groups in total. The van der Waals surface area contributed by atoms with Gasteiger partial charge in [-0.1, -0.05) is 19.1 Å². The molecule has 3 atom stereocenters. The van der Waals surface area contributed by atoms with Crippen molar-refractivity contribution in [2.75, 3.05) is 18.6 Å². The van der Waals surface area contributed by atoms with Crippen LogP contribution < -0.4 is 5.32 Å². The Morgan fingerprint density at radius 2 is 1.91 bits per heavy atom. The van der Waals surface area contributed by atoms with Gasteiger partial charge in [-0.2, -0.15) is 5.10 Å². The van der Waals surface area contributed by atoms with Crippen molar-refractivity contribution in [3.8, 4) is 11.1 Å². The molecule has 6 rings (SSSR count). The van der Waals surface area contributed by atoms with Crippen molar-refractivity contribution in [1.82, 2.24) is 29.6 Å². The molecule has 3 aromatic heterocycles. The van der Waals surface area contributed by atoms with Gasteiger partial charge < -0.3 is 15.0 Å². The summed E-state index contributed by atoms with van der Waals surface area (Å²) in [5.41, 5.74) is 2.96. The van der Waals surface area contributed by atoms with Gasteiger partial charge in [0.05, 0.1) is 18.7 Å². The lowest BCUT2D eigenvalue weighted by atomic mass is 10.0. The summed E-state index contributed by atoms with van der Waals surface area (Å²) in [7, 11) is 0. The van der Waals surface area contributed by atoms with Gasteiger partial charge in [0, 0.05) is 41.9 Å². The summed E-state index contributed by atoms with van der Waals surface area (Å²) in [6.07, 6.45) is 4.76. The molecule has 2 aliphatic rings. The molecule has 228 valence electrons. The van der Waals surface area contributed by atoms with E-state index in [1.807, 2.05) is 25.1 Å². The highest BCUT2D eigenvalue weighted by Crippen LogP contribution is 2.59. The van der Waals surface area contributed by atoms with E-state index in [4.69, 9.17) is 4.74 Å². The van der Waals surface area contributed by atoms with E-state index in [2.05, 4.69) is 48.2 Å². The molecule has 0 spiro atoms. The molecule has 2 amide bonds. The predicted octanol–water partition coefficient (Wildman–Crippen LogP) is 4.67. The minimum atomic E-state index is -0.714. The number of carbonyl (C=O) groups excluding carboxylic acids is 3. The SMILES string of the molecule is CC(=O)c1nn(CC(=O)N2[C@H](C(=O)Nc3nc(Br)ccc3COCCF)C[C@@]3(C)C[C@@H]23)c2ccc(-c3cnc(C)nc3)cc12. The van der Waals surface area contributed by atoms with Crippen LogP contribution in [-0.4, -0.2) is 72.6 Å². The summed E-state index contributed by atoms with van der Waals surface area (Å²) in [5.74, 6) is 0.103. The molecule has 1 aliphatic heterocycles. The van der Waals surface area contributed by atoms with E-state index < -0.39 is 12.7 Å². The van der Waals surface area contributed by atoms with Crippen LogP contribution in [0.2, 0.25) is 0 Å². The number of Topliss-reactive ketones (excluding diaryl/α,β-unsaturated/α-hetero) is 1. The highest BCUT2D eigenvalue weighted by Gasteiger charge is 2.64. The van der Waals surface area contributed by atoms with Crippen molar-refractivity contribution < 1.29 is 23.5 Å². The summed E-state index contributed by atoms with van der Waals surface area (Å²) in [6.45, 7) is 4.59. The number of carbonyl (C=O) groups is 3. The molecule has 1 saturated carbocycles. The van der Waals surface area contributed by atoms with Gasteiger partial charge in [-0.15, -0.1) is 0 Å². The van der Waals surface area contributed by atoms with Crippen LogP contribution in [0.4, 0.5) is 10.2 Å². The van der Waals surface area contributed by atoms with Crippen LogP contribution in [0.1, 0.15) is 48.6 Å². The Labute approximate surface area is 261 Å². The van der Waals surface area contributed by atoms with E-state index in [-0.39, 0.29) is 54.5 Å². The third kappa shape index (κ3) is 5.73. The quantitative estimate of drug-likeness (QED) is 0.147. The number of anilines is 1. The first-order valence-corrected chi connectivity index (χ1v) is 15.1. The van der Waals surface area contributed by atoms with Gasteiger partial charge in [0.25, 0.3) is 0 Å². The van der Waals surface area contributed by atoms with Gasteiger partial charge in [0.2, 0.25) is 11.8 Å². The average molecular weight is 665 g/mol. The zero-order valence-corrected chi connectivity index (χ0v) is 26.1. The lowest BCUT2D eigenvalue weighted by Gasteiger charge is -2.27. The molecule has 0 unspecified atom stereocenters. The normalized spacial score (nSPS) is 20.5. The number of amides is 2. The second-order valence-corrected chi connectivity index (χ2v) is 12.4. The fourth-order valence-corrected chi connectivity index (χ4v) is 6.29. The molecule has 1 aromatic carbocycles. The van der Waals surface area contributed by atoms with Crippen LogP contribution in [-0.2, 0) is 27.5 Å². The third-order valence-corrected chi connectivity index (χ3v) is 8.82. The first kappa shape index (κ1) is 29.9. The maximum absolute atomic E-state index is 13.9. The molecule has 4 heterocycles. The van der Waals surface area contributed by atoms with E-state index in [0.717, 1.165) is 17.5 Å². The zero-order valence-electron chi connectivity index (χ0n) is 24.5. The van der Waals surface area contributed by atoms with Crippen molar-refractivity contribution in [2.24, 2.45) is 5.41 Å². The lowest BCUT2D eigenvalue weighted by molar-refractivity contribution is -0.138. The monoisotopic (exact) mass is 663 g/mol. The molecule has 1 saturated heterocycles. The van der Waals surface area contributed by atoms with Gasteiger partial charge in [0.1, 0.15) is 41.2 Å². The largest absolute Gasteiger partial charge is 0.374 e. The topological polar surface area (TPSA) is 132 Å². The van der Waals surface area contributed by atoms with Crippen LogP contribution in [0.3, 0.4) is 0 Å². The number of ether oxygens (including phenoxy) is 1. The van der Waals surface area contributed by atoms with E-state index in [9.17, 15) is 18.8 Å². The van der Waals surface area contributed by atoms with Gasteiger partial charge in [0.15, 0.2) is 5.78 Å². The number of benzene rings is 1. The van der Waals surface area contributed by atoms with Gasteiger partial charge in [-0.05, 0) is 64.9 Å². The molecule has 2 fully saturated rings. The molecule has 0 radical (unpaired) electrons. The number of alkyl halides is 1. The molecule has 11 nitrogen and oxygen atoms in total. The van der Waals surface area contributed by atoms with Crippen LogP contribution in [0.5, 0.6) is 0 Å². The smallest absolute Gasteiger partial charge is 0.248 e. The zero-order chi connectivity index (χ0) is 31.2. The van der Waals surface area contributed by atoms with Gasteiger partial charge >= 0.3 is 0 Å². The first-order valence-electron chi connectivity index (χ1n) is 14.3. The fraction of sp³-hybridized carbons (Fsp3) is 0.387. The predicted molar refractivity (Wildman–Crippen MR) is 163 cm³/mol. The Kier molecular flexibility index (Phi) is 8.01. The molecular weight excluding hydrogens is 633 g/mol. The Hall–Kier alpha value is -4.10. The summed E-state index contributed by atoms with van der Waals surface area (Å²) in [5, 5.41) is 8.03. The van der Waals surface area contributed by atoms with Crippen molar-refractivity contribution in [1.29, 1.82) is 0 Å². The Morgan fingerprint density at radius 3 is 2.64 bits per heavy atom. The van der Waals surface area contributed by atoms with Crippen molar-refractivity contribution in [2.45, 2.75) is 58.8 Å². The summed E-state index contributed by atoms with van der Waals surface area (Å²) in [4.78, 5) is 54.7. The molecule has 44 heavy (non-hydrogen) atoms. The fourth-order valence-electron chi connectivity index (χ4n) is 5.98. The standard InChI is InChI=1S/C31H31BrFN7O4/c1-17(41)28-22-10-19(21-13-34-18(2)35-14-21)4-6-23(22)39(38-28)15-27(42)40-24(11-31(3)12-25(31)40)30(43)37-29-20(16-44-9-8-33)5-7-26(32)36-29/h4-7,10,13-14,24-25H,8-9,11-12,15-16H2,1-3H3,(H,36,37,43)/t24-,25+,31-/m0/s1. The number of piperidine rings is 1. The summed E-state index contributed by atoms with van der Waals surface area (Å²) < 4.78 is 19.9. The number of ketones is 1. The number of hydrogen-bond donors (Lipinski definition) is 1. The third-order valence-electron chi connectivity index (χ3n) is 8.37. The minimum absolute atomic E-state index is 0.0659. The number of likely N-dealkylation sites (tertiary alicyclic amines) is 1. The van der Waals surface area contributed by atoms with E-state index in [0.29, 0.717) is 39.1 Å². The second-order valence-electron chi connectivity index (χ2n) is 11.6. The minimum Gasteiger partial charge on any atom is -0.374 e. The van der Waals surface area contributed by atoms with E-state index in [1.165, 1.54) is 11.6 Å². The number of pyridine rings is 1. The van der Waals surface area contributed by atoms with Crippen LogP contribution in [0.15, 0.2) is 47.3 Å². The Bertz CT molecular complexity index is 1780. The molecule has 4 aromatic rings. The molecule has 1 aliphatic carbocycles. The highest BCUT2D eigenvalue weighted by molar-refractivity contribution is 9.10. The van der Waals surface area contributed by atoms with Crippen molar-refractivity contribution in [3.63, 3.8) is 0 Å². The van der Waals surface area contributed by atoms with Gasteiger partial charge in [-0.25, -0.2) is 19.3 Å². The first-order chi connectivity index (χ1) is 21.1. The van der Waals surface area contributed by atoms with Crippen LogP contribution in [0, 0.1) is 12.3 Å². The highest BCUT2D eigenvalue weighted by atomic mass is 79.9. The summed E-state index contributed by atoms with van der Waals surface area (Å²) in [6, 6.07) is 8.24. The maximum atomic E-state index is 13.9. The molecular formula is C31H31BrFN7O4.